The molecule has 2 N–H and O–H groups in total. The lowest BCUT2D eigenvalue weighted by Gasteiger charge is -2.51. The van der Waals surface area contributed by atoms with Crippen molar-refractivity contribution in [2.24, 2.45) is 0 Å². The SMILES string of the molecule is CCCCCCCCCCCCOC[C@@H](CO[C@@H]1O[C@@H]2COC(C)(C)O[C@H]2[C@H](OC(C)C(=O)O)[C@H]1NC(C)=O)OCCCCCCCCCCCC. The summed E-state index contributed by atoms with van der Waals surface area (Å²) in [5, 5.41) is 12.6. The molecule has 7 atom stereocenters. The third-order valence-electron chi connectivity index (χ3n) is 9.98. The van der Waals surface area contributed by atoms with Gasteiger partial charge in [-0.15, -0.1) is 0 Å². The van der Waals surface area contributed by atoms with Crippen LogP contribution in [0.5, 0.6) is 0 Å². The first-order valence-electron chi connectivity index (χ1n) is 21.0. The molecule has 2 rings (SSSR count). The van der Waals surface area contributed by atoms with Crippen LogP contribution in [0.3, 0.4) is 0 Å². The number of fused-ring (bicyclic) bond motifs is 1. The van der Waals surface area contributed by atoms with Gasteiger partial charge >= 0.3 is 5.97 Å². The van der Waals surface area contributed by atoms with Crippen molar-refractivity contribution >= 4 is 11.9 Å². The second-order valence-corrected chi connectivity index (χ2v) is 15.4. The van der Waals surface area contributed by atoms with Crippen molar-refractivity contribution in [3.63, 3.8) is 0 Å². The van der Waals surface area contributed by atoms with E-state index in [1.807, 2.05) is 0 Å². The molecule has 1 unspecified atom stereocenters. The maximum absolute atomic E-state index is 12.4. The van der Waals surface area contributed by atoms with E-state index in [0.29, 0.717) is 19.8 Å². The number of carboxylic acids is 1. The Labute approximate surface area is 316 Å². The quantitative estimate of drug-likeness (QED) is 0.0647. The number of amides is 1. The number of unbranched alkanes of at least 4 members (excludes halogenated alkanes) is 18. The van der Waals surface area contributed by atoms with Crippen LogP contribution in [0.25, 0.3) is 0 Å². The van der Waals surface area contributed by atoms with E-state index in [9.17, 15) is 14.7 Å². The third kappa shape index (κ3) is 20.4. The molecule has 11 nitrogen and oxygen atoms in total. The first-order chi connectivity index (χ1) is 25.1. The number of nitrogens with one attached hydrogen (secondary N) is 1. The molecule has 2 saturated heterocycles. The smallest absolute Gasteiger partial charge is 0.332 e. The number of ether oxygens (including phenoxy) is 7. The highest BCUT2D eigenvalue weighted by Crippen LogP contribution is 2.35. The average Bonchev–Trinajstić information content (AvgIpc) is 3.10. The summed E-state index contributed by atoms with van der Waals surface area (Å²) in [6, 6.07) is -0.829. The summed E-state index contributed by atoms with van der Waals surface area (Å²) in [5.41, 5.74) is 0. The molecule has 0 aliphatic carbocycles. The van der Waals surface area contributed by atoms with Gasteiger partial charge in [-0.2, -0.15) is 0 Å². The summed E-state index contributed by atoms with van der Waals surface area (Å²) in [6.07, 6.45) is 20.6. The largest absolute Gasteiger partial charge is 0.479 e. The van der Waals surface area contributed by atoms with Crippen LogP contribution in [0.1, 0.15) is 170 Å². The molecule has 2 fully saturated rings. The fraction of sp³-hybridized carbons (Fsp3) is 0.951. The molecule has 2 aliphatic rings. The van der Waals surface area contributed by atoms with E-state index in [1.165, 1.54) is 117 Å². The van der Waals surface area contributed by atoms with Crippen LogP contribution in [0, 0.1) is 0 Å². The van der Waals surface area contributed by atoms with Crippen LogP contribution in [0.4, 0.5) is 0 Å². The Balaban J connectivity index is 1.94. The normalized spacial score (nSPS) is 23.9. The lowest BCUT2D eigenvalue weighted by molar-refractivity contribution is -0.375. The summed E-state index contributed by atoms with van der Waals surface area (Å²) in [7, 11) is 0. The number of carbonyl (C=O) groups is 2. The van der Waals surface area contributed by atoms with Gasteiger partial charge in [0.05, 0.1) is 19.8 Å². The minimum atomic E-state index is -1.15. The van der Waals surface area contributed by atoms with Crippen molar-refractivity contribution in [3.05, 3.63) is 0 Å². The molecule has 0 aromatic carbocycles. The van der Waals surface area contributed by atoms with E-state index in [-0.39, 0.29) is 25.2 Å². The van der Waals surface area contributed by atoms with Crippen molar-refractivity contribution in [1.82, 2.24) is 5.32 Å². The Bertz CT molecular complexity index is 920. The van der Waals surface area contributed by atoms with Crippen molar-refractivity contribution in [3.8, 4) is 0 Å². The monoisotopic (exact) mass is 744 g/mol. The van der Waals surface area contributed by atoms with Crippen molar-refractivity contribution < 1.29 is 47.9 Å². The van der Waals surface area contributed by atoms with Crippen molar-refractivity contribution in [1.29, 1.82) is 0 Å². The van der Waals surface area contributed by atoms with Crippen LogP contribution in [-0.2, 0) is 42.7 Å². The Kier molecular flexibility index (Phi) is 25.3. The number of rotatable bonds is 32. The molecule has 52 heavy (non-hydrogen) atoms. The van der Waals surface area contributed by atoms with E-state index in [4.69, 9.17) is 33.2 Å². The van der Waals surface area contributed by atoms with Crippen LogP contribution in [-0.4, -0.2) is 98.7 Å². The van der Waals surface area contributed by atoms with Gasteiger partial charge < -0.3 is 43.6 Å². The predicted molar refractivity (Wildman–Crippen MR) is 203 cm³/mol. The predicted octanol–water partition coefficient (Wildman–Crippen LogP) is 8.49. The molecule has 0 radical (unpaired) electrons. The molecule has 0 aromatic rings. The van der Waals surface area contributed by atoms with Gasteiger partial charge in [0.25, 0.3) is 0 Å². The molecule has 2 aliphatic heterocycles. The highest BCUT2D eigenvalue weighted by Gasteiger charge is 2.53. The molecule has 11 heteroatoms. The maximum Gasteiger partial charge on any atom is 0.332 e. The molecule has 0 bridgehead atoms. The Morgan fingerprint density at radius 2 is 1.31 bits per heavy atom. The molecule has 306 valence electrons. The Morgan fingerprint density at radius 1 is 0.788 bits per heavy atom. The summed E-state index contributed by atoms with van der Waals surface area (Å²) < 4.78 is 43.2. The first-order valence-corrected chi connectivity index (χ1v) is 21.0. The van der Waals surface area contributed by atoms with E-state index < -0.39 is 48.5 Å². The van der Waals surface area contributed by atoms with Crippen LogP contribution >= 0.6 is 0 Å². The molecular weight excluding hydrogens is 666 g/mol. The van der Waals surface area contributed by atoms with Gasteiger partial charge in [0.15, 0.2) is 18.2 Å². The highest BCUT2D eigenvalue weighted by molar-refractivity contribution is 5.73. The van der Waals surface area contributed by atoms with Crippen LogP contribution < -0.4 is 5.32 Å². The number of hydrogen-bond acceptors (Lipinski definition) is 9. The van der Waals surface area contributed by atoms with Gasteiger partial charge in [0.2, 0.25) is 5.91 Å². The summed E-state index contributed by atoms with van der Waals surface area (Å²) in [5.74, 6) is -2.38. The molecule has 1 amide bonds. The van der Waals surface area contributed by atoms with Gasteiger partial charge in [-0.05, 0) is 33.6 Å². The van der Waals surface area contributed by atoms with Gasteiger partial charge in [0.1, 0.15) is 30.5 Å². The second-order valence-electron chi connectivity index (χ2n) is 15.4. The third-order valence-corrected chi connectivity index (χ3v) is 9.98. The topological polar surface area (TPSA) is 131 Å². The number of hydrogen-bond donors (Lipinski definition) is 2. The maximum atomic E-state index is 12.4. The lowest BCUT2D eigenvalue weighted by Crippen LogP contribution is -2.69. The molecule has 0 aromatic heterocycles. The summed E-state index contributed by atoms with van der Waals surface area (Å²) in [4.78, 5) is 24.2. The fourth-order valence-electron chi connectivity index (χ4n) is 6.90. The first kappa shape index (κ1) is 46.8. The zero-order valence-electron chi connectivity index (χ0n) is 33.8. The van der Waals surface area contributed by atoms with Gasteiger partial charge in [-0.25, -0.2) is 4.79 Å². The minimum absolute atomic E-state index is 0.169. The van der Waals surface area contributed by atoms with Crippen LogP contribution in [0.15, 0.2) is 0 Å². The lowest BCUT2D eigenvalue weighted by atomic mass is 9.94. The molecular formula is C41H77NO10. The molecule has 0 saturated carbocycles. The van der Waals surface area contributed by atoms with Crippen LogP contribution in [0.2, 0.25) is 0 Å². The van der Waals surface area contributed by atoms with Gasteiger partial charge in [-0.1, -0.05) is 129 Å². The minimum Gasteiger partial charge on any atom is -0.479 e. The van der Waals surface area contributed by atoms with E-state index >= 15 is 0 Å². The van der Waals surface area contributed by atoms with Crippen molar-refractivity contribution in [2.45, 2.75) is 219 Å². The standard InChI is InChI=1S/C41H77NO10/c1-7-9-11-13-15-17-19-21-23-25-27-46-29-34(47-28-26-24-22-20-18-16-14-12-10-8-2)30-48-40-36(42-33(4)43)38(50-32(3)39(44)45)37-35(51-40)31-49-41(5,6)52-37/h32,34-38,40H,7-31H2,1-6H3,(H,42,43)(H,44,45)/t32?,34-,35+,36+,37+,38+,40+/m0/s1. The number of aliphatic carboxylic acids is 1. The Morgan fingerprint density at radius 3 is 1.83 bits per heavy atom. The summed E-state index contributed by atoms with van der Waals surface area (Å²) in [6.45, 7) is 13.0. The second kappa shape index (κ2) is 28.1. The number of carbonyl (C=O) groups excluding carboxylic acids is 1. The average molecular weight is 744 g/mol. The zero-order chi connectivity index (χ0) is 38.0. The van der Waals surface area contributed by atoms with E-state index in [1.54, 1.807) is 13.8 Å². The fourth-order valence-corrected chi connectivity index (χ4v) is 6.90. The van der Waals surface area contributed by atoms with Gasteiger partial charge in [0, 0.05) is 20.1 Å². The van der Waals surface area contributed by atoms with E-state index in [0.717, 1.165) is 25.7 Å². The van der Waals surface area contributed by atoms with E-state index in [2.05, 4.69) is 19.2 Å². The molecule has 2 heterocycles. The van der Waals surface area contributed by atoms with Gasteiger partial charge in [-0.3, -0.25) is 4.79 Å². The zero-order valence-corrected chi connectivity index (χ0v) is 33.8. The summed E-state index contributed by atoms with van der Waals surface area (Å²) >= 11 is 0. The highest BCUT2D eigenvalue weighted by atomic mass is 16.8. The molecule has 0 spiro atoms. The number of carboxylic acid groups (broad SMARTS) is 1. The van der Waals surface area contributed by atoms with Crippen molar-refractivity contribution in [2.75, 3.05) is 33.0 Å². The Hall–Kier alpha value is -1.34.